The Morgan fingerprint density at radius 3 is 2.67 bits per heavy atom. The SMILES string of the molecule is COc1ccc(C(O)C(C)N)cc1C#N. The van der Waals surface area contributed by atoms with E-state index in [1.165, 1.54) is 7.11 Å². The molecule has 15 heavy (non-hydrogen) atoms. The average molecular weight is 206 g/mol. The van der Waals surface area contributed by atoms with Gasteiger partial charge in [0.25, 0.3) is 0 Å². The smallest absolute Gasteiger partial charge is 0.136 e. The molecule has 0 amide bonds. The van der Waals surface area contributed by atoms with Crippen LogP contribution < -0.4 is 10.5 Å². The van der Waals surface area contributed by atoms with E-state index in [0.29, 0.717) is 16.9 Å². The van der Waals surface area contributed by atoms with Crippen LogP contribution in [0.1, 0.15) is 24.2 Å². The molecule has 80 valence electrons. The molecule has 0 aliphatic rings. The topological polar surface area (TPSA) is 79.3 Å². The number of methoxy groups -OCH3 is 1. The molecule has 0 radical (unpaired) electrons. The van der Waals surface area contributed by atoms with Gasteiger partial charge >= 0.3 is 0 Å². The third-order valence-electron chi connectivity index (χ3n) is 2.18. The highest BCUT2D eigenvalue weighted by atomic mass is 16.5. The van der Waals surface area contributed by atoms with Crippen LogP contribution in [-0.4, -0.2) is 18.3 Å². The third kappa shape index (κ3) is 2.46. The van der Waals surface area contributed by atoms with Crippen molar-refractivity contribution in [3.8, 4) is 11.8 Å². The first kappa shape index (κ1) is 11.5. The Kier molecular flexibility index (Phi) is 3.67. The van der Waals surface area contributed by atoms with Gasteiger partial charge in [0.1, 0.15) is 11.8 Å². The second-order valence-electron chi connectivity index (χ2n) is 3.38. The molecule has 1 aromatic rings. The summed E-state index contributed by atoms with van der Waals surface area (Å²) < 4.78 is 5.00. The van der Waals surface area contributed by atoms with Gasteiger partial charge in [-0.15, -0.1) is 0 Å². The van der Waals surface area contributed by atoms with Gasteiger partial charge in [0.2, 0.25) is 0 Å². The molecular weight excluding hydrogens is 192 g/mol. The van der Waals surface area contributed by atoms with Crippen LogP contribution in [-0.2, 0) is 0 Å². The number of hydrogen-bond donors (Lipinski definition) is 2. The van der Waals surface area contributed by atoms with Crippen molar-refractivity contribution in [1.82, 2.24) is 0 Å². The molecule has 0 fully saturated rings. The Morgan fingerprint density at radius 2 is 2.20 bits per heavy atom. The first-order valence-electron chi connectivity index (χ1n) is 4.61. The number of rotatable bonds is 3. The lowest BCUT2D eigenvalue weighted by Crippen LogP contribution is -2.24. The van der Waals surface area contributed by atoms with Gasteiger partial charge in [-0.1, -0.05) is 6.07 Å². The van der Waals surface area contributed by atoms with Crippen molar-refractivity contribution in [3.63, 3.8) is 0 Å². The Morgan fingerprint density at radius 1 is 1.53 bits per heavy atom. The predicted molar refractivity (Wildman–Crippen MR) is 56.3 cm³/mol. The highest BCUT2D eigenvalue weighted by molar-refractivity contribution is 5.46. The zero-order chi connectivity index (χ0) is 11.4. The van der Waals surface area contributed by atoms with Crippen LogP contribution in [0.5, 0.6) is 5.75 Å². The zero-order valence-electron chi connectivity index (χ0n) is 8.77. The summed E-state index contributed by atoms with van der Waals surface area (Å²) in [5, 5.41) is 18.6. The molecule has 0 aromatic heterocycles. The van der Waals surface area contributed by atoms with Crippen molar-refractivity contribution in [2.45, 2.75) is 19.1 Å². The van der Waals surface area contributed by atoms with Crippen LogP contribution in [0.15, 0.2) is 18.2 Å². The molecule has 0 bridgehead atoms. The minimum Gasteiger partial charge on any atom is -0.495 e. The van der Waals surface area contributed by atoms with E-state index in [4.69, 9.17) is 15.7 Å². The average Bonchev–Trinajstić information content (AvgIpc) is 2.26. The number of hydrogen-bond acceptors (Lipinski definition) is 4. The maximum absolute atomic E-state index is 9.71. The molecular formula is C11H14N2O2. The third-order valence-corrected chi connectivity index (χ3v) is 2.18. The van der Waals surface area contributed by atoms with Gasteiger partial charge in [-0.3, -0.25) is 0 Å². The minimum absolute atomic E-state index is 0.370. The van der Waals surface area contributed by atoms with Crippen molar-refractivity contribution in [3.05, 3.63) is 29.3 Å². The Hall–Kier alpha value is -1.57. The largest absolute Gasteiger partial charge is 0.495 e. The first-order chi connectivity index (χ1) is 7.10. The summed E-state index contributed by atoms with van der Waals surface area (Å²) in [6.45, 7) is 1.71. The molecule has 1 rings (SSSR count). The number of benzene rings is 1. The van der Waals surface area contributed by atoms with E-state index in [2.05, 4.69) is 0 Å². The molecule has 0 aliphatic carbocycles. The fourth-order valence-electron chi connectivity index (χ4n) is 1.30. The van der Waals surface area contributed by atoms with E-state index in [0.717, 1.165) is 0 Å². The van der Waals surface area contributed by atoms with Gasteiger partial charge in [0.15, 0.2) is 0 Å². The van der Waals surface area contributed by atoms with Crippen LogP contribution in [0.2, 0.25) is 0 Å². The highest BCUT2D eigenvalue weighted by Gasteiger charge is 2.14. The maximum Gasteiger partial charge on any atom is 0.136 e. The fraction of sp³-hybridized carbons (Fsp3) is 0.364. The van der Waals surface area contributed by atoms with Crippen molar-refractivity contribution >= 4 is 0 Å². The fourth-order valence-corrected chi connectivity index (χ4v) is 1.30. The Balaban J connectivity index is 3.09. The summed E-state index contributed by atoms with van der Waals surface area (Å²) in [6, 6.07) is 6.58. The molecule has 1 aromatic carbocycles. The standard InChI is InChI=1S/C11H14N2O2/c1-7(13)11(14)8-3-4-10(15-2)9(5-8)6-12/h3-5,7,11,14H,13H2,1-2H3. The Bertz CT molecular complexity index is 383. The molecule has 0 heterocycles. The van der Waals surface area contributed by atoms with Crippen LogP contribution in [0, 0.1) is 11.3 Å². The van der Waals surface area contributed by atoms with Crippen molar-refractivity contribution in [2.24, 2.45) is 5.73 Å². The summed E-state index contributed by atoms with van der Waals surface area (Å²) in [7, 11) is 1.50. The lowest BCUT2D eigenvalue weighted by molar-refractivity contribution is 0.153. The second kappa shape index (κ2) is 4.78. The van der Waals surface area contributed by atoms with Crippen LogP contribution in [0.4, 0.5) is 0 Å². The van der Waals surface area contributed by atoms with Crippen molar-refractivity contribution in [2.75, 3.05) is 7.11 Å². The quantitative estimate of drug-likeness (QED) is 0.771. The summed E-state index contributed by atoms with van der Waals surface area (Å²) in [5.74, 6) is 0.498. The van der Waals surface area contributed by atoms with Gasteiger partial charge in [-0.05, 0) is 24.6 Å². The number of nitriles is 1. The van der Waals surface area contributed by atoms with Crippen LogP contribution in [0.3, 0.4) is 0 Å². The van der Waals surface area contributed by atoms with Crippen molar-refractivity contribution in [1.29, 1.82) is 5.26 Å². The van der Waals surface area contributed by atoms with Crippen molar-refractivity contribution < 1.29 is 9.84 Å². The van der Waals surface area contributed by atoms with Gasteiger partial charge < -0.3 is 15.6 Å². The predicted octanol–water partition coefficient (Wildman–Crippen LogP) is 0.947. The minimum atomic E-state index is -0.761. The lowest BCUT2D eigenvalue weighted by atomic mass is 10.0. The van der Waals surface area contributed by atoms with Gasteiger partial charge in [-0.2, -0.15) is 5.26 Å². The van der Waals surface area contributed by atoms with Gasteiger partial charge in [-0.25, -0.2) is 0 Å². The number of ether oxygens (including phenoxy) is 1. The first-order valence-corrected chi connectivity index (χ1v) is 4.61. The van der Waals surface area contributed by atoms with E-state index in [9.17, 15) is 5.11 Å². The molecule has 0 spiro atoms. The Labute approximate surface area is 88.9 Å². The van der Waals surface area contributed by atoms with Crippen LogP contribution >= 0.6 is 0 Å². The molecule has 0 aliphatic heterocycles. The zero-order valence-corrected chi connectivity index (χ0v) is 8.77. The summed E-state index contributed by atoms with van der Waals surface area (Å²) in [4.78, 5) is 0. The second-order valence-corrected chi connectivity index (χ2v) is 3.38. The monoisotopic (exact) mass is 206 g/mol. The van der Waals surface area contributed by atoms with E-state index in [-0.39, 0.29) is 6.04 Å². The normalized spacial score (nSPS) is 14.1. The van der Waals surface area contributed by atoms with E-state index >= 15 is 0 Å². The molecule has 3 N–H and O–H groups in total. The van der Waals surface area contributed by atoms with Gasteiger partial charge in [0.05, 0.1) is 18.8 Å². The number of nitrogens with zero attached hydrogens (tertiary/aromatic N) is 1. The summed E-state index contributed by atoms with van der Waals surface area (Å²) >= 11 is 0. The summed E-state index contributed by atoms with van der Waals surface area (Å²) in [6.07, 6.45) is -0.761. The van der Waals surface area contributed by atoms with E-state index in [1.807, 2.05) is 6.07 Å². The maximum atomic E-state index is 9.71. The van der Waals surface area contributed by atoms with Crippen LogP contribution in [0.25, 0.3) is 0 Å². The van der Waals surface area contributed by atoms with E-state index in [1.54, 1.807) is 25.1 Å². The van der Waals surface area contributed by atoms with E-state index < -0.39 is 6.10 Å². The number of aliphatic hydroxyl groups is 1. The van der Waals surface area contributed by atoms with Gasteiger partial charge in [0, 0.05) is 6.04 Å². The highest BCUT2D eigenvalue weighted by Crippen LogP contribution is 2.23. The number of nitrogens with two attached hydrogens (primary N) is 1. The molecule has 0 saturated carbocycles. The molecule has 0 saturated heterocycles. The lowest BCUT2D eigenvalue weighted by Gasteiger charge is -2.15. The summed E-state index contributed by atoms with van der Waals surface area (Å²) in [5.41, 5.74) is 6.59. The molecule has 4 nitrogen and oxygen atoms in total. The molecule has 4 heteroatoms. The molecule has 2 unspecified atom stereocenters. The number of aliphatic hydroxyl groups excluding tert-OH is 1. The molecule has 2 atom stereocenters.